The quantitative estimate of drug-likeness (QED) is 0.549. The number of nitrogens with zero attached hydrogens (tertiary/aromatic N) is 5. The summed E-state index contributed by atoms with van der Waals surface area (Å²) >= 11 is 1.24. The third-order valence-electron chi connectivity index (χ3n) is 6.72. The number of rotatable bonds is 7. The maximum atomic E-state index is 15.0. The highest BCUT2D eigenvalue weighted by Gasteiger charge is 2.46. The van der Waals surface area contributed by atoms with Gasteiger partial charge in [0.15, 0.2) is 5.01 Å². The molecule has 1 aliphatic heterocycles. The summed E-state index contributed by atoms with van der Waals surface area (Å²) in [5, 5.41) is 33.4. The van der Waals surface area contributed by atoms with Crippen molar-refractivity contribution < 1.29 is 19.0 Å². The first-order valence-electron chi connectivity index (χ1n) is 11.5. The zero-order chi connectivity index (χ0) is 24.0. The standard InChI is InChI=1S/C23H28F2N6O2S/c1-26-10-12-3-6-16(24)21(12)31(13-4-5-13)23-29-28-22(34-23)15-7-17(25)14(8-19(15)32)18-9-20(33)30(2)11-27-18/h7-9,11-13,16,20-21,26,32-33H,3-6,10H2,1-2H3. The number of aliphatic imine (C=N–C) groups is 1. The topological polar surface area (TPSA) is 97.1 Å². The fourth-order valence-corrected chi connectivity index (χ4v) is 5.80. The first-order valence-corrected chi connectivity index (χ1v) is 12.3. The molecule has 0 bridgehead atoms. The molecule has 2 heterocycles. The van der Waals surface area contributed by atoms with Crippen LogP contribution in [0.4, 0.5) is 13.9 Å². The SMILES string of the molecule is CNCC1CCC(F)C1N(c1nnc(-c2cc(F)c(C3=CC(O)N(C)C=N3)cc2O)s1)C1CC1. The molecule has 3 N–H and O–H groups in total. The summed E-state index contributed by atoms with van der Waals surface area (Å²) in [4.78, 5) is 7.68. The van der Waals surface area contributed by atoms with E-state index in [-0.39, 0.29) is 40.6 Å². The highest BCUT2D eigenvalue weighted by Crippen LogP contribution is 2.45. The Morgan fingerprint density at radius 1 is 1.21 bits per heavy atom. The monoisotopic (exact) mass is 490 g/mol. The number of anilines is 1. The lowest BCUT2D eigenvalue weighted by molar-refractivity contribution is 0.117. The molecule has 34 heavy (non-hydrogen) atoms. The van der Waals surface area contributed by atoms with Gasteiger partial charge in [0.05, 0.1) is 23.6 Å². The lowest BCUT2D eigenvalue weighted by Gasteiger charge is -2.34. The molecule has 0 amide bonds. The number of benzene rings is 1. The van der Waals surface area contributed by atoms with Crippen LogP contribution in [0, 0.1) is 11.7 Å². The summed E-state index contributed by atoms with van der Waals surface area (Å²) in [6.45, 7) is 0.732. The number of phenolic OH excluding ortho intramolecular Hbond substituents is 1. The average Bonchev–Trinajstić information content (AvgIpc) is 3.43. The van der Waals surface area contributed by atoms with Gasteiger partial charge in [0.1, 0.15) is 24.0 Å². The summed E-state index contributed by atoms with van der Waals surface area (Å²) < 4.78 is 30.0. The van der Waals surface area contributed by atoms with Gasteiger partial charge in [-0.3, -0.25) is 0 Å². The molecule has 182 valence electrons. The highest BCUT2D eigenvalue weighted by atomic mass is 32.1. The van der Waals surface area contributed by atoms with Gasteiger partial charge < -0.3 is 25.3 Å². The predicted octanol–water partition coefficient (Wildman–Crippen LogP) is 2.99. The number of nitrogens with one attached hydrogen (secondary N) is 1. The molecule has 1 aromatic heterocycles. The van der Waals surface area contributed by atoms with Gasteiger partial charge in [-0.15, -0.1) is 10.2 Å². The van der Waals surface area contributed by atoms with Crippen LogP contribution in [0.15, 0.2) is 23.2 Å². The van der Waals surface area contributed by atoms with Gasteiger partial charge in [0, 0.05) is 18.7 Å². The molecule has 2 aliphatic carbocycles. The van der Waals surface area contributed by atoms with Gasteiger partial charge in [0.25, 0.3) is 0 Å². The van der Waals surface area contributed by atoms with Crippen LogP contribution in [-0.2, 0) is 0 Å². The minimum absolute atomic E-state index is 0.0788. The van der Waals surface area contributed by atoms with Gasteiger partial charge in [-0.25, -0.2) is 13.8 Å². The number of phenols is 1. The lowest BCUT2D eigenvalue weighted by Crippen LogP contribution is -2.46. The summed E-state index contributed by atoms with van der Waals surface area (Å²) in [5.74, 6) is -0.590. The van der Waals surface area contributed by atoms with Crippen LogP contribution in [0.1, 0.15) is 31.2 Å². The van der Waals surface area contributed by atoms with Crippen molar-refractivity contribution in [1.82, 2.24) is 20.4 Å². The second-order valence-corrected chi connectivity index (χ2v) is 10.1. The van der Waals surface area contributed by atoms with E-state index >= 15 is 4.39 Å². The van der Waals surface area contributed by atoms with E-state index in [2.05, 4.69) is 25.4 Å². The number of aliphatic hydroxyl groups excluding tert-OH is 1. The molecule has 4 unspecified atom stereocenters. The van der Waals surface area contributed by atoms with E-state index in [9.17, 15) is 14.6 Å². The number of alkyl halides is 1. The van der Waals surface area contributed by atoms with Crippen molar-refractivity contribution in [3.05, 3.63) is 29.6 Å². The van der Waals surface area contributed by atoms with Crippen molar-refractivity contribution in [3.63, 3.8) is 0 Å². The van der Waals surface area contributed by atoms with E-state index in [1.54, 1.807) is 7.05 Å². The maximum absolute atomic E-state index is 15.0. The molecule has 0 saturated heterocycles. The Kier molecular flexibility index (Phi) is 6.26. The van der Waals surface area contributed by atoms with Crippen molar-refractivity contribution in [2.45, 2.75) is 50.2 Å². The zero-order valence-corrected chi connectivity index (χ0v) is 19.8. The summed E-state index contributed by atoms with van der Waals surface area (Å²) in [5.41, 5.74) is 0.525. The maximum Gasteiger partial charge on any atom is 0.209 e. The first kappa shape index (κ1) is 23.1. The van der Waals surface area contributed by atoms with Gasteiger partial charge in [-0.1, -0.05) is 11.3 Å². The molecular weight excluding hydrogens is 462 g/mol. The van der Waals surface area contributed by atoms with Crippen LogP contribution >= 0.6 is 11.3 Å². The van der Waals surface area contributed by atoms with E-state index in [0.29, 0.717) is 16.6 Å². The Morgan fingerprint density at radius 3 is 2.71 bits per heavy atom. The number of hydrogen-bond donors (Lipinski definition) is 3. The smallest absolute Gasteiger partial charge is 0.209 e. The van der Waals surface area contributed by atoms with Crippen molar-refractivity contribution >= 4 is 28.5 Å². The molecule has 3 aliphatic rings. The second kappa shape index (κ2) is 9.20. The molecule has 0 spiro atoms. The number of hydrogen-bond acceptors (Lipinski definition) is 9. The number of halogens is 2. The van der Waals surface area contributed by atoms with Gasteiger partial charge in [0.2, 0.25) is 5.13 Å². The third kappa shape index (κ3) is 4.27. The first-order chi connectivity index (χ1) is 16.4. The Balaban J connectivity index is 1.45. The molecule has 2 aromatic rings. The number of aromatic nitrogens is 2. The number of aliphatic hydroxyl groups is 1. The normalized spacial score (nSPS) is 26.7. The molecule has 11 heteroatoms. The molecule has 8 nitrogen and oxygen atoms in total. The van der Waals surface area contributed by atoms with Crippen molar-refractivity contribution in [3.8, 4) is 16.3 Å². The molecule has 2 saturated carbocycles. The van der Waals surface area contributed by atoms with E-state index in [1.165, 1.54) is 40.8 Å². The van der Waals surface area contributed by atoms with Gasteiger partial charge >= 0.3 is 0 Å². The van der Waals surface area contributed by atoms with E-state index in [0.717, 1.165) is 25.8 Å². The zero-order valence-electron chi connectivity index (χ0n) is 19.0. The minimum Gasteiger partial charge on any atom is -0.507 e. The van der Waals surface area contributed by atoms with E-state index in [1.807, 2.05) is 7.05 Å². The number of aromatic hydroxyl groups is 1. The predicted molar refractivity (Wildman–Crippen MR) is 128 cm³/mol. The van der Waals surface area contributed by atoms with E-state index < -0.39 is 18.2 Å². The van der Waals surface area contributed by atoms with Gasteiger partial charge in [-0.2, -0.15) is 0 Å². The second-order valence-electron chi connectivity index (χ2n) is 9.15. The largest absolute Gasteiger partial charge is 0.507 e. The average molecular weight is 491 g/mol. The Morgan fingerprint density at radius 2 is 2.00 bits per heavy atom. The van der Waals surface area contributed by atoms with Crippen LogP contribution in [0.25, 0.3) is 16.3 Å². The molecule has 1 aromatic carbocycles. The number of likely N-dealkylation sites (N-methyl/N-ethyl adjacent to an activating group) is 1. The molecule has 4 atom stereocenters. The molecule has 2 fully saturated rings. The third-order valence-corrected chi connectivity index (χ3v) is 7.69. The molecular formula is C23H28F2N6O2S. The lowest BCUT2D eigenvalue weighted by atomic mass is 10.0. The fraction of sp³-hybridized carbons (Fsp3) is 0.522. The van der Waals surface area contributed by atoms with E-state index in [4.69, 9.17) is 0 Å². The molecule has 0 radical (unpaired) electrons. The van der Waals surface area contributed by atoms with Crippen LogP contribution in [0.5, 0.6) is 5.75 Å². The highest BCUT2D eigenvalue weighted by molar-refractivity contribution is 7.18. The Bertz CT molecular complexity index is 1120. The minimum atomic E-state index is -0.936. The Labute approximate surface area is 200 Å². The van der Waals surface area contributed by atoms with Gasteiger partial charge in [-0.05, 0) is 63.4 Å². The van der Waals surface area contributed by atoms with Crippen LogP contribution in [-0.4, -0.2) is 76.8 Å². The van der Waals surface area contributed by atoms with Crippen LogP contribution in [0.3, 0.4) is 0 Å². The summed E-state index contributed by atoms with van der Waals surface area (Å²) in [6, 6.07) is 2.45. The van der Waals surface area contributed by atoms with Crippen LogP contribution < -0.4 is 10.2 Å². The van der Waals surface area contributed by atoms with Crippen molar-refractivity contribution in [2.75, 3.05) is 25.5 Å². The fourth-order valence-electron chi connectivity index (χ4n) is 4.82. The van der Waals surface area contributed by atoms with Crippen molar-refractivity contribution in [2.24, 2.45) is 10.9 Å². The summed E-state index contributed by atoms with van der Waals surface area (Å²) in [6.07, 6.45) is 4.25. The molecule has 5 rings (SSSR count). The van der Waals surface area contributed by atoms with Crippen LogP contribution in [0.2, 0.25) is 0 Å². The van der Waals surface area contributed by atoms with Crippen molar-refractivity contribution in [1.29, 1.82) is 0 Å². The summed E-state index contributed by atoms with van der Waals surface area (Å²) in [7, 11) is 3.52. The Hall–Kier alpha value is -2.63.